The standard InChI is InChI=1S/C12H19NO3/c1-5-16-13-7-8(2)6-9-10(11(14)15)12(9,3)4/h6-7,9-10H,5H2,1-4H3,(H,14,15)/t9-,10+/m1/s1. The van der Waals surface area contributed by atoms with E-state index in [1.807, 2.05) is 33.8 Å². The monoisotopic (exact) mass is 225 g/mol. The van der Waals surface area contributed by atoms with Crippen molar-refractivity contribution in [2.45, 2.75) is 27.7 Å². The van der Waals surface area contributed by atoms with E-state index in [0.717, 1.165) is 5.57 Å². The zero-order valence-corrected chi connectivity index (χ0v) is 10.2. The third-order valence-corrected chi connectivity index (χ3v) is 3.08. The molecule has 0 saturated heterocycles. The Kier molecular flexibility index (Phi) is 3.73. The van der Waals surface area contributed by atoms with Gasteiger partial charge in [0.2, 0.25) is 0 Å². The van der Waals surface area contributed by atoms with Crippen LogP contribution in [0.15, 0.2) is 16.8 Å². The molecule has 0 spiro atoms. The Bertz CT molecular complexity index is 331. The molecule has 0 radical (unpaired) electrons. The highest BCUT2D eigenvalue weighted by Crippen LogP contribution is 2.59. The highest BCUT2D eigenvalue weighted by Gasteiger charge is 2.60. The van der Waals surface area contributed by atoms with Crippen LogP contribution in [0.3, 0.4) is 0 Å². The predicted molar refractivity (Wildman–Crippen MR) is 62.3 cm³/mol. The first-order chi connectivity index (χ1) is 7.41. The molecule has 4 heteroatoms. The van der Waals surface area contributed by atoms with Crippen LogP contribution in [0.1, 0.15) is 27.7 Å². The molecule has 0 aromatic heterocycles. The average molecular weight is 225 g/mol. The summed E-state index contributed by atoms with van der Waals surface area (Å²) >= 11 is 0. The predicted octanol–water partition coefficient (Wildman–Crippen LogP) is 2.31. The maximum absolute atomic E-state index is 10.9. The number of allylic oxidation sites excluding steroid dienone is 2. The molecule has 1 saturated carbocycles. The maximum Gasteiger partial charge on any atom is 0.307 e. The van der Waals surface area contributed by atoms with Crippen LogP contribution in [0, 0.1) is 17.3 Å². The van der Waals surface area contributed by atoms with E-state index < -0.39 is 5.97 Å². The van der Waals surface area contributed by atoms with Crippen LogP contribution < -0.4 is 0 Å². The first-order valence-corrected chi connectivity index (χ1v) is 5.47. The van der Waals surface area contributed by atoms with E-state index in [2.05, 4.69) is 5.16 Å². The maximum atomic E-state index is 10.9. The number of hydrogen-bond acceptors (Lipinski definition) is 3. The van der Waals surface area contributed by atoms with Crippen molar-refractivity contribution < 1.29 is 14.7 Å². The van der Waals surface area contributed by atoms with E-state index in [1.165, 1.54) is 0 Å². The quantitative estimate of drug-likeness (QED) is 0.577. The fraction of sp³-hybridized carbons (Fsp3) is 0.667. The second-order valence-corrected chi connectivity index (χ2v) is 4.73. The molecular weight excluding hydrogens is 206 g/mol. The minimum absolute atomic E-state index is 0.0954. The first kappa shape index (κ1) is 12.7. The normalized spacial score (nSPS) is 28.1. The summed E-state index contributed by atoms with van der Waals surface area (Å²) in [6, 6.07) is 0. The van der Waals surface area contributed by atoms with Crippen LogP contribution >= 0.6 is 0 Å². The zero-order valence-electron chi connectivity index (χ0n) is 10.2. The van der Waals surface area contributed by atoms with Crippen LogP contribution in [0.4, 0.5) is 0 Å². The number of carboxylic acids is 1. The third-order valence-electron chi connectivity index (χ3n) is 3.08. The van der Waals surface area contributed by atoms with Gasteiger partial charge in [0, 0.05) is 0 Å². The summed E-state index contributed by atoms with van der Waals surface area (Å²) in [5.74, 6) is -0.901. The van der Waals surface area contributed by atoms with Gasteiger partial charge in [0.1, 0.15) is 6.61 Å². The Hall–Kier alpha value is -1.32. The molecule has 0 amide bonds. The molecule has 1 fully saturated rings. The number of oxime groups is 1. The first-order valence-electron chi connectivity index (χ1n) is 5.47. The number of carbonyl (C=O) groups is 1. The Morgan fingerprint density at radius 2 is 2.19 bits per heavy atom. The molecule has 0 bridgehead atoms. The number of carboxylic acid groups (broad SMARTS) is 1. The van der Waals surface area contributed by atoms with Gasteiger partial charge in [-0.3, -0.25) is 4.79 Å². The van der Waals surface area contributed by atoms with Gasteiger partial charge in [-0.1, -0.05) is 25.1 Å². The van der Waals surface area contributed by atoms with E-state index in [1.54, 1.807) is 6.21 Å². The van der Waals surface area contributed by atoms with Gasteiger partial charge in [-0.2, -0.15) is 0 Å². The highest BCUT2D eigenvalue weighted by molar-refractivity contribution is 5.80. The topological polar surface area (TPSA) is 58.9 Å². The molecule has 1 rings (SSSR count). The van der Waals surface area contributed by atoms with Crippen molar-refractivity contribution in [2.75, 3.05) is 6.61 Å². The lowest BCUT2D eigenvalue weighted by atomic mass is 10.1. The molecule has 4 nitrogen and oxygen atoms in total. The smallest absolute Gasteiger partial charge is 0.307 e. The third kappa shape index (κ3) is 2.62. The van der Waals surface area contributed by atoms with E-state index in [0.29, 0.717) is 6.61 Å². The molecule has 90 valence electrons. The molecule has 16 heavy (non-hydrogen) atoms. The van der Waals surface area contributed by atoms with E-state index >= 15 is 0 Å². The van der Waals surface area contributed by atoms with Crippen molar-refractivity contribution in [1.82, 2.24) is 0 Å². The summed E-state index contributed by atoms with van der Waals surface area (Å²) < 4.78 is 0. The van der Waals surface area contributed by atoms with Gasteiger partial charge >= 0.3 is 5.97 Å². The summed E-state index contributed by atoms with van der Waals surface area (Å²) in [6.45, 7) is 8.24. The summed E-state index contributed by atoms with van der Waals surface area (Å²) in [5, 5.41) is 12.7. The van der Waals surface area contributed by atoms with Crippen LogP contribution in [-0.4, -0.2) is 23.9 Å². The van der Waals surface area contributed by atoms with Gasteiger partial charge in [0.25, 0.3) is 0 Å². The fourth-order valence-corrected chi connectivity index (χ4v) is 1.98. The summed E-state index contributed by atoms with van der Waals surface area (Å²) in [4.78, 5) is 15.8. The average Bonchev–Trinajstić information content (AvgIpc) is 2.68. The minimum atomic E-state index is -0.721. The number of rotatable bonds is 5. The van der Waals surface area contributed by atoms with Gasteiger partial charge < -0.3 is 9.94 Å². The fourth-order valence-electron chi connectivity index (χ4n) is 1.98. The molecule has 0 aromatic carbocycles. The van der Waals surface area contributed by atoms with Gasteiger partial charge in [-0.25, -0.2) is 0 Å². The lowest BCUT2D eigenvalue weighted by Crippen LogP contribution is -2.03. The van der Waals surface area contributed by atoms with Crippen molar-refractivity contribution in [3.05, 3.63) is 11.6 Å². The second-order valence-electron chi connectivity index (χ2n) is 4.73. The molecule has 2 atom stereocenters. The molecule has 1 aliphatic rings. The SMILES string of the molecule is CCON=CC(C)=C[C@@H]1[C@@H](C(=O)O)C1(C)C. The van der Waals surface area contributed by atoms with Gasteiger partial charge in [-0.15, -0.1) is 0 Å². The Morgan fingerprint density at radius 3 is 2.62 bits per heavy atom. The van der Waals surface area contributed by atoms with E-state index in [9.17, 15) is 4.79 Å². The molecule has 0 heterocycles. The van der Waals surface area contributed by atoms with Gasteiger partial charge in [0.15, 0.2) is 0 Å². The van der Waals surface area contributed by atoms with Crippen molar-refractivity contribution in [3.8, 4) is 0 Å². The van der Waals surface area contributed by atoms with E-state index in [4.69, 9.17) is 9.94 Å². The van der Waals surface area contributed by atoms with Crippen LogP contribution in [0.2, 0.25) is 0 Å². The number of nitrogens with zero attached hydrogens (tertiary/aromatic N) is 1. The van der Waals surface area contributed by atoms with Gasteiger partial charge in [-0.05, 0) is 30.8 Å². The van der Waals surface area contributed by atoms with Crippen LogP contribution in [0.5, 0.6) is 0 Å². The van der Waals surface area contributed by atoms with Crippen molar-refractivity contribution >= 4 is 12.2 Å². The Balaban J connectivity index is 2.61. The largest absolute Gasteiger partial charge is 0.481 e. The summed E-state index contributed by atoms with van der Waals surface area (Å²) in [7, 11) is 0. The van der Waals surface area contributed by atoms with Crippen molar-refractivity contribution in [1.29, 1.82) is 0 Å². The molecular formula is C12H19NO3. The highest BCUT2D eigenvalue weighted by atomic mass is 16.6. The van der Waals surface area contributed by atoms with E-state index in [-0.39, 0.29) is 17.3 Å². The zero-order chi connectivity index (χ0) is 12.3. The number of aliphatic carboxylic acids is 1. The molecule has 0 unspecified atom stereocenters. The minimum Gasteiger partial charge on any atom is -0.481 e. The molecule has 0 aromatic rings. The second kappa shape index (κ2) is 4.68. The van der Waals surface area contributed by atoms with Gasteiger partial charge in [0.05, 0.1) is 12.1 Å². The van der Waals surface area contributed by atoms with Crippen molar-refractivity contribution in [3.63, 3.8) is 0 Å². The van der Waals surface area contributed by atoms with Crippen molar-refractivity contribution in [2.24, 2.45) is 22.4 Å². The Labute approximate surface area is 96.0 Å². The summed E-state index contributed by atoms with van der Waals surface area (Å²) in [5.41, 5.74) is 0.794. The molecule has 1 aliphatic carbocycles. The lowest BCUT2D eigenvalue weighted by Gasteiger charge is -1.97. The van der Waals surface area contributed by atoms with Crippen LogP contribution in [-0.2, 0) is 9.63 Å². The molecule has 0 aliphatic heterocycles. The molecule has 1 N–H and O–H groups in total. The van der Waals surface area contributed by atoms with Crippen LogP contribution in [0.25, 0.3) is 0 Å². The Morgan fingerprint density at radius 1 is 1.56 bits per heavy atom. The lowest BCUT2D eigenvalue weighted by molar-refractivity contribution is -0.139. The summed E-state index contributed by atoms with van der Waals surface area (Å²) in [6.07, 6.45) is 3.58. The number of hydrogen-bond donors (Lipinski definition) is 1.